The molecule has 2 aliphatic rings. The highest BCUT2D eigenvalue weighted by atomic mass is 16.7. The summed E-state index contributed by atoms with van der Waals surface area (Å²) in [6.45, 7) is 4.90. The predicted molar refractivity (Wildman–Crippen MR) is 294 cm³/mol. The Hall–Kier alpha value is -7.32. The van der Waals surface area contributed by atoms with E-state index in [0.29, 0.717) is 119 Å². The van der Waals surface area contributed by atoms with Crippen LogP contribution in [0, 0.1) is 0 Å². The third-order valence-electron chi connectivity index (χ3n) is 15.3. The number of ether oxygens (including phenoxy) is 14. The van der Waals surface area contributed by atoms with Crippen LogP contribution in [0.1, 0.15) is 85.0 Å². The molecule has 6 atom stereocenters. The van der Waals surface area contributed by atoms with E-state index in [1.54, 1.807) is 70.7 Å². The van der Waals surface area contributed by atoms with Crippen LogP contribution in [0.5, 0.6) is 46.0 Å². The number of carbonyl (C=O) groups excluding carboxylic acids is 4. The quantitative estimate of drug-likeness (QED) is 0.0216. The van der Waals surface area contributed by atoms with Crippen molar-refractivity contribution >= 4 is 24.2 Å². The standard InChI is InChI=1S/C60H82N2O18/c1-13-75-59(65)79-55(37-61(3)25-23-41-33-51(71-9)53(73-11)35-43(41)45(61)29-39-19-21-47(67-5)49(31-39)69-7)57(63)77-27-17-15-16-18-28-78-58(64)56(80-60(66)76-14-2)38-62(4)26-24-42-34-52(72-10)54(74-12)36-44(42)46(62)30-40-20-22-48(68-6)50(32-40)70-8/h19-22,31-36,45-46,55-56H,13-18,23-30,37-38H2,1-12H3/q+2. The van der Waals surface area contributed by atoms with Crippen LogP contribution in [0.15, 0.2) is 60.7 Å². The van der Waals surface area contributed by atoms with Gasteiger partial charge in [0.05, 0.1) is 110 Å². The van der Waals surface area contributed by atoms with Gasteiger partial charge >= 0.3 is 24.2 Å². The molecular formula is C60H82N2O18+2. The van der Waals surface area contributed by atoms with E-state index in [-0.39, 0.29) is 51.6 Å². The summed E-state index contributed by atoms with van der Waals surface area (Å²) in [5, 5.41) is 0. The summed E-state index contributed by atoms with van der Waals surface area (Å²) in [5.74, 6) is 3.33. The fourth-order valence-electron chi connectivity index (χ4n) is 10.9. The number of carbonyl (C=O) groups is 4. The molecule has 2 heterocycles. The lowest BCUT2D eigenvalue weighted by molar-refractivity contribution is -0.943. The number of rotatable bonds is 29. The van der Waals surface area contributed by atoms with E-state index >= 15 is 0 Å². The van der Waals surface area contributed by atoms with Gasteiger partial charge in [0.15, 0.2) is 46.0 Å². The molecule has 20 nitrogen and oxygen atoms in total. The molecule has 0 aromatic heterocycles. The van der Waals surface area contributed by atoms with Crippen molar-refractivity contribution < 1.29 is 94.5 Å². The number of benzene rings is 4. The lowest BCUT2D eigenvalue weighted by atomic mass is 9.86. The number of hydrogen-bond acceptors (Lipinski definition) is 18. The molecule has 0 radical (unpaired) electrons. The van der Waals surface area contributed by atoms with Crippen molar-refractivity contribution in [1.29, 1.82) is 0 Å². The zero-order valence-electron chi connectivity index (χ0n) is 48.6. The number of likely N-dealkylation sites (N-methyl/N-ethyl adjacent to an activating group) is 2. The Morgan fingerprint density at radius 3 is 1.12 bits per heavy atom. The summed E-state index contributed by atoms with van der Waals surface area (Å²) in [7, 11) is 16.8. The second-order valence-electron chi connectivity index (χ2n) is 20.2. The van der Waals surface area contributed by atoms with E-state index in [9.17, 15) is 19.2 Å². The Balaban J connectivity index is 1.10. The first-order valence-corrected chi connectivity index (χ1v) is 27.1. The van der Waals surface area contributed by atoms with Crippen molar-refractivity contribution in [2.24, 2.45) is 0 Å². The molecule has 0 aliphatic carbocycles. The number of quaternary nitrogens is 2. The third kappa shape index (κ3) is 15.3. The number of unbranched alkanes of at least 4 members (excludes halogenated alkanes) is 3. The van der Waals surface area contributed by atoms with Crippen molar-refractivity contribution in [1.82, 2.24) is 0 Å². The van der Waals surface area contributed by atoms with Gasteiger partial charge in [-0.25, -0.2) is 19.2 Å². The van der Waals surface area contributed by atoms with Gasteiger partial charge in [-0.05, 0) is 110 Å². The maximum absolute atomic E-state index is 14.0. The molecule has 2 aliphatic heterocycles. The number of esters is 2. The first kappa shape index (κ1) is 61.9. The zero-order chi connectivity index (χ0) is 58.0. The molecule has 20 heteroatoms. The van der Waals surface area contributed by atoms with E-state index in [1.807, 2.05) is 74.8 Å². The minimum absolute atomic E-state index is 0.0537. The van der Waals surface area contributed by atoms with Gasteiger partial charge in [-0.1, -0.05) is 12.1 Å². The average Bonchev–Trinajstić information content (AvgIpc) is 3.47. The summed E-state index contributed by atoms with van der Waals surface area (Å²) in [5.41, 5.74) is 6.09. The first-order chi connectivity index (χ1) is 38.5. The average molecular weight is 1120 g/mol. The van der Waals surface area contributed by atoms with Crippen LogP contribution in [0.2, 0.25) is 0 Å². The third-order valence-corrected chi connectivity index (χ3v) is 15.3. The molecule has 6 unspecified atom stereocenters. The topological polar surface area (TPSA) is 197 Å². The SMILES string of the molecule is CCOC(=O)OC(C[N+]1(C)CCc2cc(OC)c(OC)cc2C1Cc1ccc(OC)c(OC)c1)C(=O)OCCCCCCOC(=O)C(C[N+]1(C)CCc2cc(OC)c(OC)cc2C1Cc1ccc(OC)c(OC)c1)OC(=O)OCC. The van der Waals surface area contributed by atoms with Gasteiger partial charge in [0.1, 0.15) is 25.2 Å². The maximum Gasteiger partial charge on any atom is 0.509 e. The van der Waals surface area contributed by atoms with Gasteiger partial charge in [-0.2, -0.15) is 0 Å². The second-order valence-corrected chi connectivity index (χ2v) is 20.2. The van der Waals surface area contributed by atoms with Crippen molar-refractivity contribution in [3.8, 4) is 46.0 Å². The summed E-state index contributed by atoms with van der Waals surface area (Å²) >= 11 is 0. The molecule has 438 valence electrons. The largest absolute Gasteiger partial charge is 0.509 e. The van der Waals surface area contributed by atoms with Gasteiger partial charge in [-0.3, -0.25) is 0 Å². The lowest BCUT2D eigenvalue weighted by Gasteiger charge is -2.46. The molecule has 0 spiro atoms. The van der Waals surface area contributed by atoms with Crippen LogP contribution < -0.4 is 37.9 Å². The van der Waals surface area contributed by atoms with Crippen LogP contribution >= 0.6 is 0 Å². The highest BCUT2D eigenvalue weighted by molar-refractivity contribution is 5.78. The van der Waals surface area contributed by atoms with Crippen LogP contribution in [0.3, 0.4) is 0 Å². The molecule has 6 rings (SSSR count). The number of nitrogens with zero attached hydrogens (tertiary/aromatic N) is 2. The second kappa shape index (κ2) is 29.2. The Kier molecular flexibility index (Phi) is 22.6. The normalized spacial score (nSPS) is 18.9. The fourth-order valence-corrected chi connectivity index (χ4v) is 10.9. The Bertz CT molecular complexity index is 2550. The summed E-state index contributed by atoms with van der Waals surface area (Å²) < 4.78 is 79.2. The van der Waals surface area contributed by atoms with Gasteiger partial charge in [0.25, 0.3) is 12.2 Å². The molecule has 0 amide bonds. The maximum atomic E-state index is 14.0. The van der Waals surface area contributed by atoms with Crippen molar-refractivity contribution in [2.75, 3.05) is 124 Å². The number of fused-ring (bicyclic) bond motifs is 2. The molecular weight excluding hydrogens is 1040 g/mol. The van der Waals surface area contributed by atoms with Gasteiger partial charge < -0.3 is 75.3 Å². The molecule has 0 bridgehead atoms. The molecule has 4 aromatic rings. The van der Waals surface area contributed by atoms with Crippen LogP contribution in [-0.4, -0.2) is 169 Å². The van der Waals surface area contributed by atoms with E-state index in [0.717, 1.165) is 33.4 Å². The molecule has 0 fully saturated rings. The fraction of sp³-hybridized carbons (Fsp3) is 0.533. The minimum Gasteiger partial charge on any atom is -0.493 e. The van der Waals surface area contributed by atoms with Crippen molar-refractivity contribution in [2.45, 2.75) is 89.5 Å². The minimum atomic E-state index is -1.30. The summed E-state index contributed by atoms with van der Waals surface area (Å²) in [4.78, 5) is 53.9. The summed E-state index contributed by atoms with van der Waals surface area (Å²) in [6.07, 6.45) is 0.0218. The van der Waals surface area contributed by atoms with Crippen LogP contribution in [-0.2, 0) is 63.7 Å². The lowest BCUT2D eigenvalue weighted by Crippen LogP contribution is -2.57. The first-order valence-electron chi connectivity index (χ1n) is 27.1. The molecule has 0 saturated heterocycles. The highest BCUT2D eigenvalue weighted by Gasteiger charge is 2.47. The zero-order valence-corrected chi connectivity index (χ0v) is 48.6. The Morgan fingerprint density at radius 1 is 0.450 bits per heavy atom. The van der Waals surface area contributed by atoms with Crippen molar-refractivity contribution in [3.63, 3.8) is 0 Å². The molecule has 0 N–H and O–H groups in total. The molecule has 0 saturated carbocycles. The van der Waals surface area contributed by atoms with Gasteiger partial charge in [-0.15, -0.1) is 0 Å². The van der Waals surface area contributed by atoms with E-state index in [4.69, 9.17) is 66.3 Å². The van der Waals surface area contributed by atoms with E-state index in [1.165, 1.54) is 0 Å². The van der Waals surface area contributed by atoms with Gasteiger partial charge in [0, 0.05) is 36.8 Å². The Labute approximate surface area is 470 Å². The Morgan fingerprint density at radius 2 is 0.787 bits per heavy atom. The van der Waals surface area contributed by atoms with Gasteiger partial charge in [0.2, 0.25) is 0 Å². The monoisotopic (exact) mass is 1120 g/mol. The number of hydrogen-bond donors (Lipinski definition) is 0. The van der Waals surface area contributed by atoms with Crippen LogP contribution in [0.4, 0.5) is 9.59 Å². The van der Waals surface area contributed by atoms with Crippen molar-refractivity contribution in [3.05, 3.63) is 94.0 Å². The number of methoxy groups -OCH3 is 8. The van der Waals surface area contributed by atoms with E-state index in [2.05, 4.69) is 0 Å². The summed E-state index contributed by atoms with van der Waals surface area (Å²) in [6, 6.07) is 19.0. The molecule has 4 aromatic carbocycles. The molecule has 80 heavy (non-hydrogen) atoms. The smallest absolute Gasteiger partial charge is 0.493 e. The van der Waals surface area contributed by atoms with E-state index < -0.39 is 36.5 Å². The highest BCUT2D eigenvalue weighted by Crippen LogP contribution is 2.45. The van der Waals surface area contributed by atoms with Crippen LogP contribution in [0.25, 0.3) is 0 Å². The predicted octanol–water partition coefficient (Wildman–Crippen LogP) is 8.76.